The minimum Gasteiger partial charge on any atom is -0.394 e. The summed E-state index contributed by atoms with van der Waals surface area (Å²) < 4.78 is 5.24. The highest BCUT2D eigenvalue weighted by atomic mass is 16.5. The predicted molar refractivity (Wildman–Crippen MR) is 62.6 cm³/mol. The van der Waals surface area contributed by atoms with Gasteiger partial charge >= 0.3 is 0 Å². The zero-order chi connectivity index (χ0) is 14.6. The number of carbonyl (C=O) groups excluding carboxylic acids is 2. The van der Waals surface area contributed by atoms with Crippen LogP contribution >= 0.6 is 0 Å². The molecule has 1 fully saturated rings. The third-order valence-corrected chi connectivity index (χ3v) is 2.78. The molecule has 1 aliphatic heterocycles. The number of nitrogens with one attached hydrogen (secondary N) is 2. The van der Waals surface area contributed by atoms with Gasteiger partial charge in [0.25, 0.3) is 0 Å². The van der Waals surface area contributed by atoms with Crippen molar-refractivity contribution in [1.29, 1.82) is 0 Å². The highest BCUT2D eigenvalue weighted by molar-refractivity contribution is 5.78. The Morgan fingerprint density at radius 1 is 1.26 bits per heavy atom. The summed E-state index contributed by atoms with van der Waals surface area (Å²) in [6, 6.07) is -1.04. The van der Waals surface area contributed by atoms with Gasteiger partial charge in [0.2, 0.25) is 11.8 Å². The van der Waals surface area contributed by atoms with Crippen molar-refractivity contribution in [2.24, 2.45) is 5.73 Å². The summed E-state index contributed by atoms with van der Waals surface area (Å²) in [6.07, 6.45) is -4.93. The molecule has 0 aliphatic carbocycles. The zero-order valence-corrected chi connectivity index (χ0v) is 10.4. The number of amides is 2. The van der Waals surface area contributed by atoms with Crippen LogP contribution in [0.2, 0.25) is 0 Å². The molecular formula is C10H19N3O6. The first-order valence-electron chi connectivity index (χ1n) is 5.79. The number of carbonyl (C=O) groups is 2. The summed E-state index contributed by atoms with van der Waals surface area (Å²) in [7, 11) is 0. The molecule has 110 valence electrons. The minimum absolute atomic E-state index is 0.297. The first-order valence-corrected chi connectivity index (χ1v) is 5.79. The van der Waals surface area contributed by atoms with E-state index in [0.29, 0.717) is 0 Å². The molecule has 0 saturated carbocycles. The number of nitrogens with two attached hydrogens (primary N) is 1. The van der Waals surface area contributed by atoms with Gasteiger partial charge in [-0.1, -0.05) is 0 Å². The third-order valence-electron chi connectivity index (χ3n) is 2.78. The lowest BCUT2D eigenvalue weighted by molar-refractivity contribution is -0.203. The number of ether oxygens (including phenoxy) is 1. The molecule has 9 nitrogen and oxygen atoms in total. The monoisotopic (exact) mass is 277 g/mol. The Kier molecular flexibility index (Phi) is 5.63. The highest BCUT2D eigenvalue weighted by Crippen LogP contribution is 2.19. The molecule has 2 unspecified atom stereocenters. The van der Waals surface area contributed by atoms with E-state index in [-0.39, 0.29) is 6.54 Å². The van der Waals surface area contributed by atoms with Gasteiger partial charge in [-0.05, 0) is 0 Å². The smallest absolute Gasteiger partial charge is 0.235 e. The molecular weight excluding hydrogens is 258 g/mol. The lowest BCUT2D eigenvalue weighted by atomic mass is 9.96. The molecule has 9 heteroatoms. The van der Waals surface area contributed by atoms with Gasteiger partial charge in [-0.25, -0.2) is 0 Å². The molecule has 0 aromatic rings. The second-order valence-electron chi connectivity index (χ2n) is 4.26. The Balaban J connectivity index is 2.86. The Morgan fingerprint density at radius 2 is 1.89 bits per heavy atom. The van der Waals surface area contributed by atoms with Crippen LogP contribution in [0, 0.1) is 0 Å². The van der Waals surface area contributed by atoms with Gasteiger partial charge in [0.15, 0.2) is 6.23 Å². The normalized spacial score (nSPS) is 34.7. The first-order chi connectivity index (χ1) is 8.90. The van der Waals surface area contributed by atoms with Crippen LogP contribution in [-0.4, -0.2) is 70.9 Å². The maximum absolute atomic E-state index is 11.3. The van der Waals surface area contributed by atoms with E-state index >= 15 is 0 Å². The van der Waals surface area contributed by atoms with Gasteiger partial charge in [0.1, 0.15) is 24.4 Å². The van der Waals surface area contributed by atoms with Gasteiger partial charge in [-0.3, -0.25) is 9.59 Å². The number of rotatable bonds is 4. The van der Waals surface area contributed by atoms with Crippen LogP contribution in [-0.2, 0) is 14.3 Å². The van der Waals surface area contributed by atoms with Crippen molar-refractivity contribution in [3.8, 4) is 0 Å². The first kappa shape index (κ1) is 15.8. The molecule has 5 atom stereocenters. The number of hydrogen-bond acceptors (Lipinski definition) is 7. The quantitative estimate of drug-likeness (QED) is 0.306. The van der Waals surface area contributed by atoms with Crippen molar-refractivity contribution in [2.45, 2.75) is 37.5 Å². The fourth-order valence-electron chi connectivity index (χ4n) is 1.85. The van der Waals surface area contributed by atoms with Crippen LogP contribution in [0.15, 0.2) is 0 Å². The molecule has 2 amide bonds. The molecule has 1 aliphatic rings. The Hall–Kier alpha value is -1.26. The molecule has 0 radical (unpaired) electrons. The van der Waals surface area contributed by atoms with Crippen LogP contribution in [0.3, 0.4) is 0 Å². The molecule has 1 heterocycles. The van der Waals surface area contributed by atoms with E-state index in [2.05, 4.69) is 10.6 Å². The standard InChI is InChI=1S/C10H19N3O6/c1-4(15)12-7-9(18)8(17)5(3-14)19-10(7)13-6(16)2-11/h5,7-10,14,17-18H,2-3,11H2,1H3,(H,12,15)(H,13,16)/t5?,7-,8+,9?,10+/m0/s1. The topological polar surface area (TPSA) is 154 Å². The summed E-state index contributed by atoms with van der Waals surface area (Å²) in [5.74, 6) is -1.02. The van der Waals surface area contributed by atoms with Crippen LogP contribution in [0.5, 0.6) is 0 Å². The maximum atomic E-state index is 11.3. The lowest BCUT2D eigenvalue weighted by Crippen LogP contribution is -2.68. The van der Waals surface area contributed by atoms with E-state index in [0.717, 1.165) is 0 Å². The third kappa shape index (κ3) is 3.85. The average molecular weight is 277 g/mol. The van der Waals surface area contributed by atoms with Gasteiger partial charge in [-0.2, -0.15) is 0 Å². The molecule has 1 rings (SSSR count). The predicted octanol–water partition coefficient (Wildman–Crippen LogP) is -3.99. The van der Waals surface area contributed by atoms with Gasteiger partial charge < -0.3 is 36.4 Å². The van der Waals surface area contributed by atoms with Crippen LogP contribution < -0.4 is 16.4 Å². The molecule has 0 aromatic heterocycles. The molecule has 0 aromatic carbocycles. The van der Waals surface area contributed by atoms with E-state index in [1.54, 1.807) is 0 Å². The van der Waals surface area contributed by atoms with E-state index in [1.807, 2.05) is 0 Å². The van der Waals surface area contributed by atoms with Gasteiger partial charge in [0, 0.05) is 6.92 Å². The van der Waals surface area contributed by atoms with Crippen molar-refractivity contribution < 1.29 is 29.6 Å². The van der Waals surface area contributed by atoms with E-state index in [9.17, 15) is 19.8 Å². The molecule has 0 bridgehead atoms. The largest absolute Gasteiger partial charge is 0.394 e. The Labute approximate surface area is 109 Å². The molecule has 1 saturated heterocycles. The van der Waals surface area contributed by atoms with Gasteiger partial charge in [-0.15, -0.1) is 0 Å². The minimum atomic E-state index is -1.39. The van der Waals surface area contributed by atoms with Crippen molar-refractivity contribution in [3.63, 3.8) is 0 Å². The fraction of sp³-hybridized carbons (Fsp3) is 0.800. The summed E-state index contributed by atoms with van der Waals surface area (Å²) >= 11 is 0. The molecule has 19 heavy (non-hydrogen) atoms. The second kappa shape index (κ2) is 6.78. The van der Waals surface area contributed by atoms with Crippen molar-refractivity contribution >= 4 is 11.8 Å². The average Bonchev–Trinajstić information content (AvgIpc) is 2.37. The van der Waals surface area contributed by atoms with Crippen molar-refractivity contribution in [1.82, 2.24) is 10.6 Å². The molecule has 0 spiro atoms. The van der Waals surface area contributed by atoms with Crippen molar-refractivity contribution in [2.75, 3.05) is 13.2 Å². The summed E-state index contributed by atoms with van der Waals surface area (Å²) in [4.78, 5) is 22.3. The maximum Gasteiger partial charge on any atom is 0.235 e. The SMILES string of the molecule is CC(=O)N[C@H]1C(O)[C@H](O)C(CO)O[C@H]1NC(=O)CN. The van der Waals surface area contributed by atoms with Crippen molar-refractivity contribution in [3.05, 3.63) is 0 Å². The summed E-state index contributed by atoms with van der Waals surface area (Å²) in [5, 5.41) is 33.4. The van der Waals surface area contributed by atoms with E-state index in [4.69, 9.17) is 15.6 Å². The van der Waals surface area contributed by atoms with Crippen LogP contribution in [0.4, 0.5) is 0 Å². The zero-order valence-electron chi connectivity index (χ0n) is 10.4. The Bertz CT molecular complexity index is 339. The van der Waals surface area contributed by atoms with Crippen LogP contribution in [0.1, 0.15) is 6.92 Å². The second-order valence-corrected chi connectivity index (χ2v) is 4.26. The van der Waals surface area contributed by atoms with Gasteiger partial charge in [0.05, 0.1) is 13.2 Å². The number of hydrogen-bond donors (Lipinski definition) is 6. The fourth-order valence-corrected chi connectivity index (χ4v) is 1.85. The molecule has 7 N–H and O–H groups in total. The Morgan fingerprint density at radius 3 is 2.37 bits per heavy atom. The lowest BCUT2D eigenvalue weighted by Gasteiger charge is -2.42. The summed E-state index contributed by atoms with van der Waals surface area (Å²) in [5.41, 5.74) is 5.15. The van der Waals surface area contributed by atoms with Crippen LogP contribution in [0.25, 0.3) is 0 Å². The van der Waals surface area contributed by atoms with E-state index < -0.39 is 49.0 Å². The number of aliphatic hydroxyl groups excluding tert-OH is 3. The highest BCUT2D eigenvalue weighted by Gasteiger charge is 2.45. The summed E-state index contributed by atoms with van der Waals surface area (Å²) in [6.45, 7) is 0.383. The van der Waals surface area contributed by atoms with E-state index in [1.165, 1.54) is 6.92 Å². The number of aliphatic hydroxyl groups is 3.